The molecule has 0 saturated carbocycles. The number of benzene rings is 1. The number of likely N-dealkylation sites (N-methyl/N-ethyl adjacent to an activating group) is 1. The van der Waals surface area contributed by atoms with Crippen LogP contribution in [0, 0.1) is 0 Å². The number of aryl methyl sites for hydroxylation is 1. The van der Waals surface area contributed by atoms with Crippen LogP contribution in [0.3, 0.4) is 0 Å². The maximum absolute atomic E-state index is 12.5. The third kappa shape index (κ3) is 3.46. The highest BCUT2D eigenvalue weighted by Gasteiger charge is 2.17. The van der Waals surface area contributed by atoms with Crippen LogP contribution in [0.5, 0.6) is 5.75 Å². The van der Waals surface area contributed by atoms with E-state index in [0.717, 1.165) is 22.0 Å². The first-order valence-electron chi connectivity index (χ1n) is 8.90. The summed E-state index contributed by atoms with van der Waals surface area (Å²) in [5, 5.41) is 3.78. The number of hydrogen-bond acceptors (Lipinski definition) is 4. The number of fused-ring (bicyclic) bond motifs is 2. The lowest BCUT2D eigenvalue weighted by molar-refractivity contribution is -0.125. The Morgan fingerprint density at radius 1 is 1.39 bits per heavy atom. The average molecular weight is 376 g/mol. The molecule has 4 rings (SSSR count). The van der Waals surface area contributed by atoms with Gasteiger partial charge in [0.05, 0.1) is 0 Å². The lowest BCUT2D eigenvalue weighted by Crippen LogP contribution is -2.26. The topological polar surface area (TPSA) is 76.5 Å². The van der Waals surface area contributed by atoms with Gasteiger partial charge in [-0.25, -0.2) is 4.98 Å². The highest BCUT2D eigenvalue weighted by atomic mass is 16.5. The molecule has 1 aliphatic heterocycles. The van der Waals surface area contributed by atoms with Gasteiger partial charge in [-0.3, -0.25) is 9.59 Å². The van der Waals surface area contributed by atoms with E-state index in [-0.39, 0.29) is 18.4 Å². The number of carbonyl (C=O) groups is 2. The molecule has 0 aliphatic carbocycles. The van der Waals surface area contributed by atoms with E-state index in [1.165, 1.54) is 6.08 Å². The smallest absolute Gasteiger partial charge is 0.263 e. The zero-order valence-corrected chi connectivity index (χ0v) is 15.7. The van der Waals surface area contributed by atoms with Crippen LogP contribution in [0.4, 0.5) is 5.82 Å². The first-order valence-corrected chi connectivity index (χ1v) is 8.90. The number of ether oxygens (including phenoxy) is 1. The van der Waals surface area contributed by atoms with Crippen molar-refractivity contribution >= 4 is 34.6 Å². The van der Waals surface area contributed by atoms with Crippen LogP contribution in [0.1, 0.15) is 11.1 Å². The summed E-state index contributed by atoms with van der Waals surface area (Å²) in [4.78, 5) is 29.6. The van der Waals surface area contributed by atoms with Gasteiger partial charge in [-0.15, -0.1) is 0 Å². The number of hydrogen-bond donors (Lipinski definition) is 1. The molecule has 3 aromatic rings. The summed E-state index contributed by atoms with van der Waals surface area (Å²) in [6, 6.07) is 9.88. The molecule has 1 N–H and O–H groups in total. The van der Waals surface area contributed by atoms with Crippen molar-refractivity contribution in [1.82, 2.24) is 14.5 Å². The monoisotopic (exact) mass is 376 g/mol. The van der Waals surface area contributed by atoms with Gasteiger partial charge >= 0.3 is 0 Å². The molecule has 0 fully saturated rings. The van der Waals surface area contributed by atoms with E-state index in [1.807, 2.05) is 19.2 Å². The zero-order valence-electron chi connectivity index (χ0n) is 15.7. The first kappa shape index (κ1) is 17.8. The zero-order chi connectivity index (χ0) is 19.7. The van der Waals surface area contributed by atoms with Gasteiger partial charge in [0.25, 0.3) is 5.91 Å². The van der Waals surface area contributed by atoms with Gasteiger partial charge in [-0.2, -0.15) is 0 Å². The Morgan fingerprint density at radius 2 is 2.21 bits per heavy atom. The van der Waals surface area contributed by atoms with Crippen molar-refractivity contribution in [3.8, 4) is 5.75 Å². The maximum Gasteiger partial charge on any atom is 0.263 e. The number of amides is 2. The van der Waals surface area contributed by atoms with E-state index in [2.05, 4.69) is 33.2 Å². The van der Waals surface area contributed by atoms with E-state index in [0.29, 0.717) is 18.1 Å². The molecule has 7 nitrogen and oxygen atoms in total. The second kappa shape index (κ2) is 7.19. The minimum atomic E-state index is -0.228. The fourth-order valence-corrected chi connectivity index (χ4v) is 3.25. The van der Waals surface area contributed by atoms with E-state index >= 15 is 0 Å². The number of nitrogens with one attached hydrogen (secondary N) is 1. The lowest BCUT2D eigenvalue weighted by Gasteiger charge is -2.17. The fourth-order valence-electron chi connectivity index (χ4n) is 3.25. The minimum Gasteiger partial charge on any atom is -0.480 e. The van der Waals surface area contributed by atoms with Gasteiger partial charge in [-0.1, -0.05) is 18.2 Å². The maximum atomic E-state index is 12.5. The van der Waals surface area contributed by atoms with Crippen LogP contribution in [0.15, 0.2) is 48.8 Å². The highest BCUT2D eigenvalue weighted by Crippen LogP contribution is 2.26. The van der Waals surface area contributed by atoms with E-state index in [9.17, 15) is 9.59 Å². The molecule has 0 atom stereocenters. The summed E-state index contributed by atoms with van der Waals surface area (Å²) < 4.78 is 7.41. The molecule has 1 aliphatic rings. The molecule has 0 unspecified atom stereocenters. The number of nitrogens with zero attached hydrogens (tertiary/aromatic N) is 3. The molecule has 0 bridgehead atoms. The minimum absolute atomic E-state index is 0.0332. The predicted molar refractivity (Wildman–Crippen MR) is 107 cm³/mol. The van der Waals surface area contributed by atoms with Gasteiger partial charge in [0, 0.05) is 50.0 Å². The second-order valence-corrected chi connectivity index (χ2v) is 6.76. The predicted octanol–water partition coefficient (Wildman–Crippen LogP) is 2.58. The van der Waals surface area contributed by atoms with E-state index < -0.39 is 0 Å². The molecule has 2 aromatic heterocycles. The van der Waals surface area contributed by atoms with Crippen LogP contribution in [-0.4, -0.2) is 39.9 Å². The van der Waals surface area contributed by atoms with Crippen LogP contribution in [-0.2, 0) is 23.2 Å². The Labute approximate surface area is 162 Å². The van der Waals surface area contributed by atoms with Crippen LogP contribution in [0.2, 0.25) is 0 Å². The number of anilines is 1. The van der Waals surface area contributed by atoms with Crippen molar-refractivity contribution in [3.63, 3.8) is 0 Å². The summed E-state index contributed by atoms with van der Waals surface area (Å²) in [6.07, 6.45) is 6.84. The van der Waals surface area contributed by atoms with Crippen LogP contribution in [0.25, 0.3) is 17.0 Å². The van der Waals surface area contributed by atoms with Gasteiger partial charge in [0.1, 0.15) is 0 Å². The Balaban J connectivity index is 1.46. The number of para-hydroxylation sites is 1. The van der Waals surface area contributed by atoms with Crippen LogP contribution < -0.4 is 10.1 Å². The van der Waals surface area contributed by atoms with Gasteiger partial charge in [0.15, 0.2) is 18.2 Å². The molecule has 3 heterocycles. The number of aromatic nitrogens is 2. The highest BCUT2D eigenvalue weighted by molar-refractivity contribution is 5.95. The molecule has 0 spiro atoms. The standard InChI is InChI=1S/C21H20N4O3/c1-24-11-15(16-5-3-4-6-17(16)24)12-25(2)20(27)8-7-14-9-18-21(22-10-14)23-19(26)13-28-18/h3-11H,12-13H2,1-2H3,(H,22,23,26). The second-order valence-electron chi connectivity index (χ2n) is 6.76. The molecule has 0 radical (unpaired) electrons. The van der Waals surface area contributed by atoms with Gasteiger partial charge < -0.3 is 19.5 Å². The summed E-state index contributed by atoms with van der Waals surface area (Å²) >= 11 is 0. The Hall–Kier alpha value is -3.61. The Bertz CT molecular complexity index is 1100. The number of rotatable bonds is 4. The average Bonchev–Trinajstić information content (AvgIpc) is 3.01. The first-order chi connectivity index (χ1) is 13.5. The molecule has 1 aromatic carbocycles. The largest absolute Gasteiger partial charge is 0.480 e. The molecule has 0 saturated heterocycles. The molecular weight excluding hydrogens is 356 g/mol. The van der Waals surface area contributed by atoms with E-state index in [1.54, 1.807) is 30.3 Å². The summed E-state index contributed by atoms with van der Waals surface area (Å²) in [5.74, 6) is 0.555. The molecule has 2 amide bonds. The molecule has 28 heavy (non-hydrogen) atoms. The quantitative estimate of drug-likeness (QED) is 0.710. The summed E-state index contributed by atoms with van der Waals surface area (Å²) in [7, 11) is 3.78. The summed E-state index contributed by atoms with van der Waals surface area (Å²) in [5.41, 5.74) is 2.96. The SMILES string of the molecule is CN(Cc1cn(C)c2ccccc12)C(=O)C=Cc1cnc2c(c1)OCC(=O)N2. The van der Waals surface area contributed by atoms with Gasteiger partial charge in [-0.05, 0) is 29.3 Å². The third-order valence-corrected chi connectivity index (χ3v) is 4.67. The molecule has 142 valence electrons. The van der Waals surface area contributed by atoms with Crippen molar-refractivity contribution < 1.29 is 14.3 Å². The van der Waals surface area contributed by atoms with E-state index in [4.69, 9.17) is 4.74 Å². The van der Waals surface area contributed by atoms with Crippen molar-refractivity contribution in [2.45, 2.75) is 6.54 Å². The Morgan fingerprint density at radius 3 is 3.07 bits per heavy atom. The Kier molecular flexibility index (Phi) is 4.57. The van der Waals surface area contributed by atoms with Crippen molar-refractivity contribution in [1.29, 1.82) is 0 Å². The molecular formula is C21H20N4O3. The van der Waals surface area contributed by atoms with Crippen molar-refractivity contribution in [2.75, 3.05) is 19.0 Å². The third-order valence-electron chi connectivity index (χ3n) is 4.67. The molecule has 7 heteroatoms. The van der Waals surface area contributed by atoms with Crippen molar-refractivity contribution in [3.05, 3.63) is 59.9 Å². The summed E-state index contributed by atoms with van der Waals surface area (Å²) in [6.45, 7) is 0.483. The fraction of sp³-hybridized carbons (Fsp3) is 0.190. The van der Waals surface area contributed by atoms with Crippen molar-refractivity contribution in [2.24, 2.45) is 7.05 Å². The van der Waals surface area contributed by atoms with Gasteiger partial charge in [0.2, 0.25) is 5.91 Å². The lowest BCUT2D eigenvalue weighted by atomic mass is 10.1. The number of pyridine rings is 1. The normalized spacial score (nSPS) is 13.3. The van der Waals surface area contributed by atoms with Crippen LogP contribution >= 0.6 is 0 Å². The number of carbonyl (C=O) groups excluding carboxylic acids is 2.